The number of aromatic nitrogens is 2. The largest absolute Gasteiger partial charge is 0.379 e. The van der Waals surface area contributed by atoms with Crippen molar-refractivity contribution < 1.29 is 27.8 Å². The maximum Gasteiger partial charge on any atom is 0.275 e. The molecule has 3 aromatic rings. The van der Waals surface area contributed by atoms with Crippen molar-refractivity contribution in [3.8, 4) is 16.9 Å². The Bertz CT molecular complexity index is 1430. The minimum absolute atomic E-state index is 0.119. The Hall–Kier alpha value is -2.80. The molecule has 2 aromatic carbocycles. The van der Waals surface area contributed by atoms with Crippen LogP contribution in [0.25, 0.3) is 16.9 Å². The molecule has 0 bridgehead atoms. The summed E-state index contributed by atoms with van der Waals surface area (Å²) in [6.07, 6.45) is 1.74. The first-order valence-electron chi connectivity index (χ1n) is 13.3. The first-order valence-corrected chi connectivity index (χ1v) is 15.0. The number of amides is 1. The Labute approximate surface area is 227 Å². The van der Waals surface area contributed by atoms with Crippen LogP contribution in [0.15, 0.2) is 47.4 Å². The topological polar surface area (TPSA) is 100 Å². The molecule has 206 valence electrons. The molecule has 0 radical (unpaired) electrons. The zero-order valence-electron chi connectivity index (χ0n) is 21.5. The molecule has 1 spiro atoms. The highest BCUT2D eigenvalue weighted by atomic mass is 32.3. The van der Waals surface area contributed by atoms with Gasteiger partial charge in [-0.15, -0.1) is 0 Å². The quantitative estimate of drug-likeness (QED) is 0.500. The summed E-state index contributed by atoms with van der Waals surface area (Å²) in [6, 6.07) is 12.4. The van der Waals surface area contributed by atoms with Crippen LogP contribution >= 0.6 is 10.6 Å². The van der Waals surface area contributed by atoms with Gasteiger partial charge in [0, 0.05) is 37.3 Å². The van der Waals surface area contributed by atoms with Crippen molar-refractivity contribution >= 4 is 16.5 Å². The average molecular weight is 555 g/mol. The fourth-order valence-electron chi connectivity index (χ4n) is 6.02. The maximum atomic E-state index is 15.0. The zero-order valence-corrected chi connectivity index (χ0v) is 22.3. The van der Waals surface area contributed by atoms with Crippen molar-refractivity contribution in [2.24, 2.45) is 0 Å². The van der Waals surface area contributed by atoms with E-state index in [-0.39, 0.29) is 27.8 Å². The summed E-state index contributed by atoms with van der Waals surface area (Å²) in [7, 11) is -3.52. The third-order valence-corrected chi connectivity index (χ3v) is 10.0. The highest BCUT2D eigenvalue weighted by molar-refractivity contribution is 8.23. The maximum absolute atomic E-state index is 15.0. The van der Waals surface area contributed by atoms with E-state index >= 15 is 4.39 Å². The molecule has 1 saturated carbocycles. The van der Waals surface area contributed by atoms with E-state index in [0.717, 1.165) is 51.3 Å². The molecule has 2 N–H and O–H groups in total. The van der Waals surface area contributed by atoms with E-state index in [9.17, 15) is 13.9 Å². The average Bonchev–Trinajstić information content (AvgIpc) is 3.59. The Morgan fingerprint density at radius 1 is 1.03 bits per heavy atom. The van der Waals surface area contributed by atoms with Crippen molar-refractivity contribution in [3.63, 3.8) is 0 Å². The van der Waals surface area contributed by atoms with Gasteiger partial charge in [-0.25, -0.2) is 9.07 Å². The third kappa shape index (κ3) is 4.28. The molecule has 3 fully saturated rings. The first kappa shape index (κ1) is 25.2. The smallest absolute Gasteiger partial charge is 0.275 e. The Kier molecular flexibility index (Phi) is 6.07. The lowest BCUT2D eigenvalue weighted by atomic mass is 10.0. The van der Waals surface area contributed by atoms with Crippen LogP contribution in [0.3, 0.4) is 0 Å². The fourth-order valence-corrected chi connectivity index (χ4v) is 7.74. The van der Waals surface area contributed by atoms with E-state index in [0.29, 0.717) is 42.3 Å². The summed E-state index contributed by atoms with van der Waals surface area (Å²) in [5.74, 6) is -1.18. The molecule has 7 rings (SSSR count). The van der Waals surface area contributed by atoms with Gasteiger partial charge >= 0.3 is 0 Å². The zero-order chi connectivity index (χ0) is 26.8. The molecule has 1 amide bonds. The van der Waals surface area contributed by atoms with Crippen molar-refractivity contribution in [1.29, 1.82) is 0 Å². The SMILES string of the molecule is O=C(c1nn(-c2ccc(CN3CCOCC3)cc2)c2c1CS(O)(O)c1c(F)cccc1-2)N1CCOCC12CC2. The molecule has 4 heterocycles. The standard InChI is InChI=1S/C28H31FN4O5S/c29-23-3-1-2-21-25-22(17-39(35,36)26(21)23)24(27(34)32-12-15-38-18-28(32)8-9-28)30-33(25)20-6-4-19(5-7-20)16-31-10-13-37-14-11-31/h1-7,35-36H,8-18H2. The van der Waals surface area contributed by atoms with Crippen LogP contribution in [0.4, 0.5) is 4.39 Å². The second kappa shape index (κ2) is 9.39. The Morgan fingerprint density at radius 3 is 2.51 bits per heavy atom. The van der Waals surface area contributed by atoms with E-state index in [1.54, 1.807) is 16.8 Å². The number of carbonyl (C=O) groups is 1. The van der Waals surface area contributed by atoms with Gasteiger partial charge in [-0.3, -0.25) is 18.8 Å². The van der Waals surface area contributed by atoms with Crippen LogP contribution in [0.2, 0.25) is 0 Å². The highest BCUT2D eigenvalue weighted by Gasteiger charge is 2.53. The molecular weight excluding hydrogens is 523 g/mol. The van der Waals surface area contributed by atoms with Crippen LogP contribution in [-0.4, -0.2) is 86.2 Å². The molecule has 0 atom stereocenters. The van der Waals surface area contributed by atoms with E-state index in [2.05, 4.69) is 4.90 Å². The van der Waals surface area contributed by atoms with Gasteiger partial charge in [0.2, 0.25) is 0 Å². The number of ether oxygens (including phenoxy) is 2. The summed E-state index contributed by atoms with van der Waals surface area (Å²) >= 11 is 0. The molecular formula is C28H31FN4O5S. The molecule has 0 unspecified atom stereocenters. The number of carbonyl (C=O) groups excluding carboxylic acids is 1. The summed E-state index contributed by atoms with van der Waals surface area (Å²) in [5, 5.41) is 4.80. The normalized spacial score (nSPS) is 22.3. The minimum atomic E-state index is -3.52. The van der Waals surface area contributed by atoms with E-state index in [4.69, 9.17) is 14.6 Å². The minimum Gasteiger partial charge on any atom is -0.379 e. The summed E-state index contributed by atoms with van der Waals surface area (Å²) in [4.78, 5) is 18.0. The molecule has 11 heteroatoms. The highest BCUT2D eigenvalue weighted by Crippen LogP contribution is 2.61. The number of nitrogens with zero attached hydrogens (tertiary/aromatic N) is 4. The van der Waals surface area contributed by atoms with Crippen LogP contribution in [0, 0.1) is 5.82 Å². The second-order valence-electron chi connectivity index (χ2n) is 10.8. The predicted octanol–water partition coefficient (Wildman–Crippen LogP) is 4.14. The predicted molar refractivity (Wildman–Crippen MR) is 144 cm³/mol. The van der Waals surface area contributed by atoms with Gasteiger partial charge < -0.3 is 14.4 Å². The van der Waals surface area contributed by atoms with Gasteiger partial charge in [0.1, 0.15) is 10.7 Å². The number of morpholine rings is 2. The number of rotatable bonds is 4. The van der Waals surface area contributed by atoms with Crippen molar-refractivity contribution in [1.82, 2.24) is 19.6 Å². The van der Waals surface area contributed by atoms with Gasteiger partial charge in [0.05, 0.1) is 49.1 Å². The summed E-state index contributed by atoms with van der Waals surface area (Å²) in [5.41, 5.74) is 3.05. The molecule has 1 aliphatic carbocycles. The van der Waals surface area contributed by atoms with Crippen LogP contribution in [0.1, 0.15) is 34.5 Å². The second-order valence-corrected chi connectivity index (χ2v) is 12.8. The Morgan fingerprint density at radius 2 is 1.77 bits per heavy atom. The molecule has 3 aliphatic heterocycles. The lowest BCUT2D eigenvalue weighted by molar-refractivity contribution is -0.0121. The van der Waals surface area contributed by atoms with Crippen LogP contribution in [-0.2, 0) is 21.8 Å². The molecule has 2 saturated heterocycles. The lowest BCUT2D eigenvalue weighted by Gasteiger charge is -2.39. The number of halogens is 1. The fraction of sp³-hybridized carbons (Fsp3) is 0.429. The van der Waals surface area contributed by atoms with Gasteiger partial charge in [-0.1, -0.05) is 24.3 Å². The lowest BCUT2D eigenvalue weighted by Crippen LogP contribution is -2.51. The number of hydrogen-bond acceptors (Lipinski definition) is 7. The Balaban J connectivity index is 1.32. The van der Waals surface area contributed by atoms with Crippen molar-refractivity contribution in [2.75, 3.05) is 46.1 Å². The third-order valence-electron chi connectivity index (χ3n) is 8.25. The van der Waals surface area contributed by atoms with Gasteiger partial charge in [-0.05, 0) is 36.6 Å². The summed E-state index contributed by atoms with van der Waals surface area (Å²) in [6.45, 7) is 5.44. The monoisotopic (exact) mass is 554 g/mol. The number of benzene rings is 2. The number of hydrogen-bond donors (Lipinski definition) is 2. The van der Waals surface area contributed by atoms with Gasteiger partial charge in [0.25, 0.3) is 5.91 Å². The van der Waals surface area contributed by atoms with E-state index < -0.39 is 16.4 Å². The molecule has 4 aliphatic rings. The van der Waals surface area contributed by atoms with E-state index in [1.807, 2.05) is 29.2 Å². The van der Waals surface area contributed by atoms with E-state index in [1.165, 1.54) is 6.07 Å². The van der Waals surface area contributed by atoms with Crippen molar-refractivity contribution in [3.05, 3.63) is 65.1 Å². The first-order chi connectivity index (χ1) is 18.9. The molecule has 9 nitrogen and oxygen atoms in total. The number of fused-ring (bicyclic) bond motifs is 3. The molecule has 1 aromatic heterocycles. The van der Waals surface area contributed by atoms with Gasteiger partial charge in [-0.2, -0.15) is 15.7 Å². The van der Waals surface area contributed by atoms with Gasteiger partial charge in [0.15, 0.2) is 5.69 Å². The molecule has 39 heavy (non-hydrogen) atoms. The van der Waals surface area contributed by atoms with Crippen LogP contribution in [0.5, 0.6) is 0 Å². The van der Waals surface area contributed by atoms with Crippen molar-refractivity contribution in [2.45, 2.75) is 35.6 Å². The summed E-state index contributed by atoms with van der Waals surface area (Å²) < 4.78 is 49.9. The van der Waals surface area contributed by atoms with Crippen LogP contribution < -0.4 is 0 Å².